The maximum atomic E-state index is 13.2. The summed E-state index contributed by atoms with van der Waals surface area (Å²) in [6.45, 7) is 10.1. The number of halogens is 1. The molecule has 184 valence electrons. The van der Waals surface area contributed by atoms with E-state index in [1.54, 1.807) is 32.3 Å². The molecule has 34 heavy (non-hydrogen) atoms. The molecule has 0 N–H and O–H groups in total. The maximum absolute atomic E-state index is 13.2. The molecule has 1 aliphatic carbocycles. The van der Waals surface area contributed by atoms with E-state index in [0.29, 0.717) is 22.9 Å². The van der Waals surface area contributed by atoms with E-state index in [-0.39, 0.29) is 17.2 Å². The first-order chi connectivity index (χ1) is 16.1. The lowest BCUT2D eigenvalue weighted by atomic mass is 9.80. The molecule has 0 radical (unpaired) electrons. The van der Waals surface area contributed by atoms with Gasteiger partial charge in [0, 0.05) is 39.0 Å². The van der Waals surface area contributed by atoms with Crippen LogP contribution in [0.25, 0.3) is 0 Å². The molecule has 1 spiro atoms. The van der Waals surface area contributed by atoms with Crippen molar-refractivity contribution in [3.8, 4) is 5.75 Å². The van der Waals surface area contributed by atoms with E-state index >= 15 is 0 Å². The van der Waals surface area contributed by atoms with E-state index in [4.69, 9.17) is 16.3 Å². The topological polar surface area (TPSA) is 49.9 Å². The van der Waals surface area contributed by atoms with Crippen LogP contribution in [0.1, 0.15) is 57.3 Å². The van der Waals surface area contributed by atoms with Crippen LogP contribution in [-0.2, 0) is 4.79 Å². The highest BCUT2D eigenvalue weighted by Gasteiger charge is 2.47. The number of hydrogen-bond donors (Lipinski definition) is 0. The Balaban J connectivity index is 1.48. The molecule has 1 aromatic rings. The van der Waals surface area contributed by atoms with Crippen molar-refractivity contribution in [1.29, 1.82) is 0 Å². The summed E-state index contributed by atoms with van der Waals surface area (Å²) in [4.78, 5) is 28.9. The lowest BCUT2D eigenvalue weighted by Gasteiger charge is -2.38. The van der Waals surface area contributed by atoms with Crippen molar-refractivity contribution in [2.45, 2.75) is 47.0 Å². The van der Waals surface area contributed by atoms with Gasteiger partial charge < -0.3 is 14.5 Å². The van der Waals surface area contributed by atoms with E-state index in [1.807, 2.05) is 50.8 Å². The molecule has 0 unspecified atom stereocenters. The van der Waals surface area contributed by atoms with E-state index in [0.717, 1.165) is 37.9 Å². The predicted octanol–water partition coefficient (Wildman–Crippen LogP) is 5.91. The molecule has 1 aliphatic heterocycles. The minimum absolute atomic E-state index is 0.126. The molecule has 0 aromatic heterocycles. The molecule has 0 bridgehead atoms. The SMILES string of the molecule is C/C=C\C(=C/C)C(C)(C)C(=O)N1CCC2(C=C2CCOc2ccc(C(=O)N(C)C)c(Cl)c2)CC1. The molecule has 1 saturated heterocycles. The number of allylic oxidation sites excluding steroid dienone is 4. The van der Waals surface area contributed by atoms with Crippen LogP contribution >= 0.6 is 11.6 Å². The van der Waals surface area contributed by atoms with Gasteiger partial charge in [-0.05, 0) is 64.3 Å². The largest absolute Gasteiger partial charge is 0.493 e. The quantitative estimate of drug-likeness (QED) is 0.340. The van der Waals surface area contributed by atoms with E-state index in [1.165, 1.54) is 10.5 Å². The number of ether oxygens (including phenoxy) is 1. The summed E-state index contributed by atoms with van der Waals surface area (Å²) >= 11 is 6.28. The normalized spacial score (nSPS) is 17.7. The second-order valence-electron chi connectivity index (χ2n) is 9.93. The van der Waals surface area contributed by atoms with Crippen molar-refractivity contribution >= 4 is 23.4 Å². The number of piperidine rings is 1. The maximum Gasteiger partial charge on any atom is 0.254 e. The molecule has 3 rings (SSSR count). The number of amides is 2. The summed E-state index contributed by atoms with van der Waals surface area (Å²) in [7, 11) is 3.40. The Morgan fingerprint density at radius 3 is 2.44 bits per heavy atom. The average Bonchev–Trinajstić information content (AvgIpc) is 3.47. The zero-order valence-corrected chi connectivity index (χ0v) is 22.0. The van der Waals surface area contributed by atoms with Gasteiger partial charge >= 0.3 is 0 Å². The summed E-state index contributed by atoms with van der Waals surface area (Å²) < 4.78 is 5.91. The number of benzene rings is 1. The number of likely N-dealkylation sites (tertiary alicyclic amines) is 1. The van der Waals surface area contributed by atoms with Gasteiger partial charge in [-0.25, -0.2) is 0 Å². The molecule has 0 atom stereocenters. The fraction of sp³-hybridized carbons (Fsp3) is 0.500. The van der Waals surface area contributed by atoms with Crippen molar-refractivity contribution in [2.75, 3.05) is 33.8 Å². The van der Waals surface area contributed by atoms with Crippen LogP contribution in [0.15, 0.2) is 53.6 Å². The first-order valence-corrected chi connectivity index (χ1v) is 12.4. The zero-order valence-electron chi connectivity index (χ0n) is 21.3. The van der Waals surface area contributed by atoms with Crippen LogP contribution in [-0.4, -0.2) is 55.4 Å². The van der Waals surface area contributed by atoms with Crippen LogP contribution < -0.4 is 4.74 Å². The molecule has 2 aliphatic rings. The molecular weight excluding hydrogens is 448 g/mol. The summed E-state index contributed by atoms with van der Waals surface area (Å²) in [5.41, 5.74) is 2.60. The molecule has 1 heterocycles. The molecule has 1 fully saturated rings. The minimum Gasteiger partial charge on any atom is -0.493 e. The van der Waals surface area contributed by atoms with E-state index < -0.39 is 5.41 Å². The van der Waals surface area contributed by atoms with Gasteiger partial charge in [-0.1, -0.05) is 41.5 Å². The summed E-state index contributed by atoms with van der Waals surface area (Å²) in [6, 6.07) is 5.20. The number of hydrogen-bond acceptors (Lipinski definition) is 3. The van der Waals surface area contributed by atoms with Crippen molar-refractivity contribution in [2.24, 2.45) is 10.8 Å². The van der Waals surface area contributed by atoms with Gasteiger partial charge in [0.25, 0.3) is 5.91 Å². The first-order valence-electron chi connectivity index (χ1n) is 12.0. The Bertz CT molecular complexity index is 1030. The summed E-state index contributed by atoms with van der Waals surface area (Å²) in [5, 5.41) is 0.397. The highest BCUT2D eigenvalue weighted by Crippen LogP contribution is 2.54. The van der Waals surface area contributed by atoms with E-state index in [9.17, 15) is 9.59 Å². The van der Waals surface area contributed by atoms with Gasteiger partial charge in [0.05, 0.1) is 22.6 Å². The van der Waals surface area contributed by atoms with Crippen molar-refractivity contribution in [3.63, 3.8) is 0 Å². The Morgan fingerprint density at radius 1 is 1.21 bits per heavy atom. The zero-order chi connectivity index (χ0) is 25.1. The Hall–Kier alpha value is -2.53. The van der Waals surface area contributed by atoms with Crippen LogP contribution in [0.3, 0.4) is 0 Å². The lowest BCUT2D eigenvalue weighted by molar-refractivity contribution is -0.139. The highest BCUT2D eigenvalue weighted by molar-refractivity contribution is 6.34. The summed E-state index contributed by atoms with van der Waals surface area (Å²) in [5.74, 6) is 0.741. The van der Waals surface area contributed by atoms with Gasteiger partial charge in [-0.2, -0.15) is 0 Å². The first kappa shape index (κ1) is 26.1. The van der Waals surface area contributed by atoms with Crippen LogP contribution in [0.5, 0.6) is 5.75 Å². The monoisotopic (exact) mass is 484 g/mol. The van der Waals surface area contributed by atoms with Crippen LogP contribution in [0.4, 0.5) is 0 Å². The highest BCUT2D eigenvalue weighted by atomic mass is 35.5. The molecule has 6 heteroatoms. The third-order valence-corrected chi connectivity index (χ3v) is 7.39. The molecule has 1 aromatic carbocycles. The Kier molecular flexibility index (Phi) is 7.97. The lowest BCUT2D eigenvalue weighted by Crippen LogP contribution is -2.46. The van der Waals surface area contributed by atoms with Crippen LogP contribution in [0.2, 0.25) is 5.02 Å². The number of carbonyl (C=O) groups is 2. The molecular formula is C28H37ClN2O3. The van der Waals surface area contributed by atoms with Gasteiger partial charge in [0.1, 0.15) is 5.75 Å². The second kappa shape index (κ2) is 10.4. The van der Waals surface area contributed by atoms with Gasteiger partial charge in [0.2, 0.25) is 5.91 Å². The number of carbonyl (C=O) groups excluding carboxylic acids is 2. The smallest absolute Gasteiger partial charge is 0.254 e. The predicted molar refractivity (Wildman–Crippen MR) is 138 cm³/mol. The average molecular weight is 485 g/mol. The third kappa shape index (κ3) is 5.41. The standard InChI is InChI=1S/C28H37ClN2O3/c1-7-9-20(8-2)27(3,4)26(33)31-15-13-28(14-16-31)19-21(28)12-17-34-22-10-11-23(24(29)18-22)25(32)30(5)6/h7-11,18-19H,12-17H2,1-6H3/b9-7-,20-8+. The third-order valence-electron chi connectivity index (χ3n) is 7.08. The second-order valence-corrected chi connectivity index (χ2v) is 10.3. The Morgan fingerprint density at radius 2 is 1.88 bits per heavy atom. The van der Waals surface area contributed by atoms with Crippen molar-refractivity contribution in [1.82, 2.24) is 9.80 Å². The van der Waals surface area contributed by atoms with Gasteiger partial charge in [-0.15, -0.1) is 0 Å². The molecule has 0 saturated carbocycles. The van der Waals surface area contributed by atoms with Crippen LogP contribution in [0, 0.1) is 10.8 Å². The minimum atomic E-state index is -0.520. The van der Waals surface area contributed by atoms with Crippen molar-refractivity contribution in [3.05, 3.63) is 64.2 Å². The summed E-state index contributed by atoms with van der Waals surface area (Å²) in [6.07, 6.45) is 11.2. The van der Waals surface area contributed by atoms with Gasteiger partial charge in [-0.3, -0.25) is 9.59 Å². The van der Waals surface area contributed by atoms with E-state index in [2.05, 4.69) is 6.08 Å². The fourth-order valence-corrected chi connectivity index (χ4v) is 5.09. The number of rotatable bonds is 8. The van der Waals surface area contributed by atoms with Crippen molar-refractivity contribution < 1.29 is 14.3 Å². The molecule has 5 nitrogen and oxygen atoms in total. The van der Waals surface area contributed by atoms with Gasteiger partial charge in [0.15, 0.2) is 0 Å². The molecule has 2 amide bonds. The fourth-order valence-electron chi connectivity index (χ4n) is 4.84. The number of nitrogens with zero attached hydrogens (tertiary/aromatic N) is 2. The Labute approximate surface area is 209 Å².